The highest BCUT2D eigenvalue weighted by atomic mass is 19.4. The normalized spacial score (nSPS) is 38.4. The number of ether oxygens (including phenoxy) is 1. The van der Waals surface area contributed by atoms with E-state index in [1.54, 1.807) is 0 Å². The van der Waals surface area contributed by atoms with Gasteiger partial charge in [-0.2, -0.15) is 13.2 Å². The Bertz CT molecular complexity index is 220. The summed E-state index contributed by atoms with van der Waals surface area (Å²) in [6.07, 6.45) is -4.90. The topological polar surface area (TPSA) is 35.2 Å². The zero-order valence-corrected chi connectivity index (χ0v) is 9.92. The first-order valence-electron chi connectivity index (χ1n) is 5.69. The van der Waals surface area contributed by atoms with E-state index in [2.05, 4.69) is 6.92 Å². The van der Waals surface area contributed by atoms with E-state index in [-0.39, 0.29) is 12.0 Å². The zero-order valence-electron chi connectivity index (χ0n) is 9.92. The van der Waals surface area contributed by atoms with Crippen molar-refractivity contribution in [2.75, 3.05) is 0 Å². The lowest BCUT2D eigenvalue weighted by atomic mass is 9.78. The van der Waals surface area contributed by atoms with Crippen LogP contribution < -0.4 is 5.73 Å². The van der Waals surface area contributed by atoms with Crippen molar-refractivity contribution in [1.82, 2.24) is 0 Å². The molecule has 0 aliphatic heterocycles. The van der Waals surface area contributed by atoms with Crippen LogP contribution in [-0.2, 0) is 4.74 Å². The number of nitrogens with two attached hydrogens (primary N) is 1. The summed E-state index contributed by atoms with van der Waals surface area (Å²) in [5.74, 6) is 0.551. The molecule has 5 heteroatoms. The van der Waals surface area contributed by atoms with Crippen LogP contribution in [0.25, 0.3) is 0 Å². The molecule has 5 unspecified atom stereocenters. The molecule has 1 rings (SSSR count). The lowest BCUT2D eigenvalue weighted by Gasteiger charge is -2.39. The molecule has 0 saturated heterocycles. The second-order valence-electron chi connectivity index (χ2n) is 5.00. The summed E-state index contributed by atoms with van der Waals surface area (Å²) in [6, 6.07) is -0.288. The fraction of sp³-hybridized carbons (Fsp3) is 1.00. The van der Waals surface area contributed by atoms with Gasteiger partial charge < -0.3 is 10.5 Å². The van der Waals surface area contributed by atoms with E-state index < -0.39 is 18.4 Å². The highest BCUT2D eigenvalue weighted by Gasteiger charge is 2.42. The fourth-order valence-electron chi connectivity index (χ4n) is 2.43. The quantitative estimate of drug-likeness (QED) is 0.804. The Balaban J connectivity index is 2.59. The molecule has 1 saturated carbocycles. The van der Waals surface area contributed by atoms with Crippen molar-refractivity contribution < 1.29 is 17.9 Å². The first-order chi connectivity index (χ1) is 7.21. The van der Waals surface area contributed by atoms with Crippen LogP contribution in [0.5, 0.6) is 0 Å². The van der Waals surface area contributed by atoms with Gasteiger partial charge in [-0.25, -0.2) is 0 Å². The minimum absolute atomic E-state index is 0.0866. The largest absolute Gasteiger partial charge is 0.414 e. The first kappa shape index (κ1) is 13.8. The zero-order chi connectivity index (χ0) is 12.5. The van der Waals surface area contributed by atoms with Gasteiger partial charge in [0.2, 0.25) is 0 Å². The molecule has 2 nitrogen and oxygen atoms in total. The SMILES string of the molecule is CC1CC(C)C(OC(C)C(F)(F)F)C(N)C1. The van der Waals surface area contributed by atoms with Crippen molar-refractivity contribution in [2.45, 2.75) is 58.0 Å². The average molecular weight is 239 g/mol. The Morgan fingerprint density at radius 1 is 1.25 bits per heavy atom. The maximum atomic E-state index is 12.4. The van der Waals surface area contributed by atoms with Gasteiger partial charge in [0.25, 0.3) is 0 Å². The monoisotopic (exact) mass is 239 g/mol. The van der Waals surface area contributed by atoms with Crippen LogP contribution in [0.2, 0.25) is 0 Å². The highest BCUT2D eigenvalue weighted by molar-refractivity contribution is 4.87. The standard InChI is InChI=1S/C11H20F3NO/c1-6-4-7(2)10(9(15)5-6)16-8(3)11(12,13)14/h6-10H,4-5,15H2,1-3H3. The molecule has 0 aromatic heterocycles. The molecule has 0 aromatic rings. The molecule has 5 atom stereocenters. The molecule has 16 heavy (non-hydrogen) atoms. The molecule has 0 amide bonds. The van der Waals surface area contributed by atoms with Gasteiger partial charge in [-0.1, -0.05) is 13.8 Å². The van der Waals surface area contributed by atoms with Crippen LogP contribution >= 0.6 is 0 Å². The number of rotatable bonds is 2. The first-order valence-corrected chi connectivity index (χ1v) is 5.69. The predicted octanol–water partition coefficient (Wildman–Crippen LogP) is 2.72. The maximum Gasteiger partial charge on any atom is 0.414 e. The molecule has 96 valence electrons. The van der Waals surface area contributed by atoms with E-state index in [0.717, 1.165) is 19.8 Å². The van der Waals surface area contributed by atoms with Crippen molar-refractivity contribution in [2.24, 2.45) is 17.6 Å². The molecular formula is C11H20F3NO. The molecule has 2 N–H and O–H groups in total. The molecule has 0 radical (unpaired) electrons. The molecule has 0 heterocycles. The van der Waals surface area contributed by atoms with Crippen molar-refractivity contribution in [3.8, 4) is 0 Å². The summed E-state index contributed by atoms with van der Waals surface area (Å²) in [5, 5.41) is 0. The molecule has 1 aliphatic carbocycles. The van der Waals surface area contributed by atoms with Gasteiger partial charge in [0.15, 0.2) is 6.10 Å². The van der Waals surface area contributed by atoms with Gasteiger partial charge in [0, 0.05) is 6.04 Å². The number of halogens is 3. The van der Waals surface area contributed by atoms with Crippen LogP contribution in [0.3, 0.4) is 0 Å². The molecular weight excluding hydrogens is 219 g/mol. The van der Waals surface area contributed by atoms with Crippen molar-refractivity contribution in [3.63, 3.8) is 0 Å². The number of alkyl halides is 3. The van der Waals surface area contributed by atoms with Crippen molar-refractivity contribution in [3.05, 3.63) is 0 Å². The Hall–Kier alpha value is -0.290. The third kappa shape index (κ3) is 3.35. The van der Waals surface area contributed by atoms with Crippen molar-refractivity contribution >= 4 is 0 Å². The van der Waals surface area contributed by atoms with Crippen LogP contribution in [0.4, 0.5) is 13.2 Å². The van der Waals surface area contributed by atoms with Crippen LogP contribution in [0, 0.1) is 11.8 Å². The van der Waals surface area contributed by atoms with Gasteiger partial charge in [-0.3, -0.25) is 0 Å². The van der Waals surface area contributed by atoms with Crippen molar-refractivity contribution in [1.29, 1.82) is 0 Å². The average Bonchev–Trinajstić information content (AvgIpc) is 2.08. The summed E-state index contributed by atoms with van der Waals surface area (Å²) in [7, 11) is 0. The summed E-state index contributed by atoms with van der Waals surface area (Å²) in [5.41, 5.74) is 5.86. The third-order valence-electron chi connectivity index (χ3n) is 3.25. The molecule has 1 aliphatic rings. The molecule has 0 aromatic carbocycles. The van der Waals surface area contributed by atoms with E-state index in [9.17, 15) is 13.2 Å². The molecule has 1 fully saturated rings. The lowest BCUT2D eigenvalue weighted by Crippen LogP contribution is -2.49. The Morgan fingerprint density at radius 2 is 1.81 bits per heavy atom. The maximum absolute atomic E-state index is 12.4. The van der Waals surface area contributed by atoms with Crippen LogP contribution in [-0.4, -0.2) is 24.4 Å². The van der Waals surface area contributed by atoms with Gasteiger partial charge in [0.1, 0.15) is 0 Å². The minimum atomic E-state index is -4.30. The van der Waals surface area contributed by atoms with E-state index in [1.807, 2.05) is 6.92 Å². The van der Waals surface area contributed by atoms with E-state index in [4.69, 9.17) is 10.5 Å². The lowest BCUT2D eigenvalue weighted by molar-refractivity contribution is -0.236. The molecule has 0 spiro atoms. The summed E-state index contributed by atoms with van der Waals surface area (Å²) >= 11 is 0. The summed E-state index contributed by atoms with van der Waals surface area (Å²) in [6.45, 7) is 5.01. The van der Waals surface area contributed by atoms with E-state index in [1.165, 1.54) is 0 Å². The predicted molar refractivity (Wildman–Crippen MR) is 55.9 cm³/mol. The second-order valence-corrected chi connectivity index (χ2v) is 5.00. The number of hydrogen-bond acceptors (Lipinski definition) is 2. The van der Waals surface area contributed by atoms with Crippen LogP contribution in [0.15, 0.2) is 0 Å². The van der Waals surface area contributed by atoms with Crippen LogP contribution in [0.1, 0.15) is 33.6 Å². The highest BCUT2D eigenvalue weighted by Crippen LogP contribution is 2.33. The van der Waals surface area contributed by atoms with Gasteiger partial charge in [-0.05, 0) is 31.6 Å². The van der Waals surface area contributed by atoms with Gasteiger partial charge >= 0.3 is 6.18 Å². The third-order valence-corrected chi connectivity index (χ3v) is 3.25. The summed E-state index contributed by atoms with van der Waals surface area (Å²) in [4.78, 5) is 0. The summed E-state index contributed by atoms with van der Waals surface area (Å²) < 4.78 is 42.2. The fourth-order valence-corrected chi connectivity index (χ4v) is 2.43. The van der Waals surface area contributed by atoms with E-state index >= 15 is 0 Å². The Labute approximate surface area is 94.3 Å². The van der Waals surface area contributed by atoms with E-state index in [0.29, 0.717) is 5.92 Å². The van der Waals surface area contributed by atoms with Gasteiger partial charge in [0.05, 0.1) is 6.10 Å². The Morgan fingerprint density at radius 3 is 2.25 bits per heavy atom. The van der Waals surface area contributed by atoms with Gasteiger partial charge in [-0.15, -0.1) is 0 Å². The minimum Gasteiger partial charge on any atom is -0.364 e. The molecule has 0 bridgehead atoms. The smallest absolute Gasteiger partial charge is 0.364 e. The number of hydrogen-bond donors (Lipinski definition) is 1. The Kier molecular flexibility index (Phi) is 4.23. The second kappa shape index (κ2) is 4.92.